The first-order valence-corrected chi connectivity index (χ1v) is 7.82. The normalized spacial score (nSPS) is 13.4. The third-order valence-electron chi connectivity index (χ3n) is 2.76. The van der Waals surface area contributed by atoms with Crippen LogP contribution in [0.5, 0.6) is 0 Å². The number of carbonyl (C=O) groups excluding carboxylic acids is 1. The fraction of sp³-hybridized carbons (Fsp3) is 0.429. The van der Waals surface area contributed by atoms with E-state index >= 15 is 0 Å². The van der Waals surface area contributed by atoms with E-state index in [2.05, 4.69) is 5.32 Å². The number of hydrogen-bond acceptors (Lipinski definition) is 4. The molecule has 1 rings (SSSR count). The first-order valence-electron chi connectivity index (χ1n) is 6.44. The van der Waals surface area contributed by atoms with Gasteiger partial charge in [-0.15, -0.1) is 0 Å². The average molecular weight is 313 g/mol. The van der Waals surface area contributed by atoms with Crippen molar-refractivity contribution in [1.29, 1.82) is 0 Å². The summed E-state index contributed by atoms with van der Waals surface area (Å²) in [6.07, 6.45) is 0.133. The molecule has 0 spiro atoms. The minimum atomic E-state index is -1.78. The summed E-state index contributed by atoms with van der Waals surface area (Å²) < 4.78 is 16.8. The maximum absolute atomic E-state index is 12.1. The Hall–Kier alpha value is -1.73. The summed E-state index contributed by atoms with van der Waals surface area (Å²) in [5, 5.41) is 10.6. The van der Waals surface area contributed by atoms with E-state index < -0.39 is 27.9 Å². The molecule has 1 aromatic carbocycles. The van der Waals surface area contributed by atoms with Gasteiger partial charge in [0.15, 0.2) is 0 Å². The van der Waals surface area contributed by atoms with Crippen molar-refractivity contribution < 1.29 is 23.6 Å². The summed E-state index contributed by atoms with van der Waals surface area (Å²) in [6, 6.07) is 8.93. The zero-order valence-corrected chi connectivity index (χ0v) is 12.6. The molecule has 0 saturated heterocycles. The van der Waals surface area contributed by atoms with Crippen molar-refractivity contribution in [3.8, 4) is 0 Å². The summed E-state index contributed by atoms with van der Waals surface area (Å²) in [5.41, 5.74) is 0.776. The van der Waals surface area contributed by atoms with E-state index in [-0.39, 0.29) is 12.2 Å². The molecule has 0 saturated carbocycles. The van der Waals surface area contributed by atoms with E-state index in [1.54, 1.807) is 24.3 Å². The zero-order valence-electron chi connectivity index (χ0n) is 11.8. The number of carbonyl (C=O) groups is 2. The lowest BCUT2D eigenvalue weighted by Crippen LogP contribution is -2.37. The van der Waals surface area contributed by atoms with Crippen molar-refractivity contribution in [2.24, 2.45) is 0 Å². The molecule has 116 valence electrons. The molecule has 2 N–H and O–H groups in total. The van der Waals surface area contributed by atoms with Crippen molar-refractivity contribution in [2.45, 2.75) is 11.7 Å². The molecule has 2 atom stereocenters. The summed E-state index contributed by atoms with van der Waals surface area (Å²) >= 11 is 0. The van der Waals surface area contributed by atoms with Gasteiger partial charge in [0.1, 0.15) is 11.0 Å². The largest absolute Gasteiger partial charge is 0.480 e. The number of nitrogens with one attached hydrogen (secondary N) is 1. The second-order valence-electron chi connectivity index (χ2n) is 4.38. The van der Waals surface area contributed by atoms with Crippen LogP contribution in [0.2, 0.25) is 0 Å². The van der Waals surface area contributed by atoms with E-state index in [4.69, 9.17) is 4.74 Å². The fourth-order valence-electron chi connectivity index (χ4n) is 1.69. The monoisotopic (exact) mass is 313 g/mol. The standard InChI is InChI=1S/C14H19NO5S/c1-20-8-7-15-13(16)10-21(19)12(14(17)18)9-11-5-3-2-4-6-11/h2-6,12H,7-10H2,1H3,(H,15,16)(H,17,18). The van der Waals surface area contributed by atoms with Crippen LogP contribution in [-0.4, -0.2) is 52.5 Å². The Bertz CT molecular complexity index is 491. The van der Waals surface area contributed by atoms with Crippen molar-refractivity contribution in [3.63, 3.8) is 0 Å². The zero-order chi connectivity index (χ0) is 15.7. The van der Waals surface area contributed by atoms with Gasteiger partial charge in [-0.2, -0.15) is 0 Å². The molecule has 0 heterocycles. The SMILES string of the molecule is COCCNC(=O)CS(=O)C(Cc1ccccc1)C(=O)O. The molecule has 0 radical (unpaired) electrons. The van der Waals surface area contributed by atoms with Gasteiger partial charge in [0.2, 0.25) is 5.91 Å². The van der Waals surface area contributed by atoms with Crippen LogP contribution in [0.4, 0.5) is 0 Å². The highest BCUT2D eigenvalue weighted by Crippen LogP contribution is 2.09. The van der Waals surface area contributed by atoms with Gasteiger partial charge < -0.3 is 15.2 Å². The molecule has 2 unspecified atom stereocenters. The summed E-state index contributed by atoms with van der Waals surface area (Å²) in [7, 11) is -0.272. The molecule has 0 aromatic heterocycles. The molecule has 0 aliphatic heterocycles. The molecule has 1 aromatic rings. The van der Waals surface area contributed by atoms with Gasteiger partial charge in [0.25, 0.3) is 0 Å². The molecule has 1 amide bonds. The molecular weight excluding hydrogens is 294 g/mol. The number of ether oxygens (including phenoxy) is 1. The Kier molecular flexibility index (Phi) is 7.63. The number of carboxylic acid groups (broad SMARTS) is 1. The number of rotatable bonds is 9. The average Bonchev–Trinajstić information content (AvgIpc) is 2.45. The van der Waals surface area contributed by atoms with Crippen molar-refractivity contribution >= 4 is 22.7 Å². The molecule has 0 aliphatic rings. The van der Waals surface area contributed by atoms with Crippen molar-refractivity contribution in [2.75, 3.05) is 26.0 Å². The lowest BCUT2D eigenvalue weighted by Gasteiger charge is -2.12. The molecule has 0 aliphatic carbocycles. The predicted molar refractivity (Wildman–Crippen MR) is 79.5 cm³/mol. The molecule has 0 fully saturated rings. The number of hydrogen-bond donors (Lipinski definition) is 2. The van der Waals surface area contributed by atoms with Crippen LogP contribution in [0.3, 0.4) is 0 Å². The molecule has 6 nitrogen and oxygen atoms in total. The number of aliphatic carboxylic acids is 1. The molecular formula is C14H19NO5S. The van der Waals surface area contributed by atoms with Crippen LogP contribution in [-0.2, 0) is 31.5 Å². The first-order chi connectivity index (χ1) is 10.0. The van der Waals surface area contributed by atoms with Gasteiger partial charge in [-0.25, -0.2) is 0 Å². The summed E-state index contributed by atoms with van der Waals surface area (Å²) in [6.45, 7) is 0.660. The van der Waals surface area contributed by atoms with E-state index in [1.807, 2.05) is 6.07 Å². The molecule has 21 heavy (non-hydrogen) atoms. The number of amides is 1. The maximum atomic E-state index is 12.1. The molecule has 0 bridgehead atoms. The van der Waals surface area contributed by atoms with Crippen LogP contribution >= 0.6 is 0 Å². The molecule has 7 heteroatoms. The Morgan fingerprint density at radius 1 is 1.33 bits per heavy atom. The third kappa shape index (κ3) is 6.50. The van der Waals surface area contributed by atoms with Gasteiger partial charge in [-0.3, -0.25) is 13.8 Å². The quantitative estimate of drug-likeness (QED) is 0.635. The minimum Gasteiger partial charge on any atom is -0.480 e. The van der Waals surface area contributed by atoms with Gasteiger partial charge in [-0.1, -0.05) is 30.3 Å². The summed E-state index contributed by atoms with van der Waals surface area (Å²) in [5.74, 6) is -1.93. The van der Waals surface area contributed by atoms with Crippen LogP contribution in [0, 0.1) is 0 Å². The second-order valence-corrected chi connectivity index (χ2v) is 6.00. The Balaban J connectivity index is 2.58. The van der Waals surface area contributed by atoms with Crippen molar-refractivity contribution in [3.05, 3.63) is 35.9 Å². The van der Waals surface area contributed by atoms with E-state index in [0.29, 0.717) is 13.2 Å². The van der Waals surface area contributed by atoms with E-state index in [9.17, 15) is 18.9 Å². The third-order valence-corrected chi connectivity index (χ3v) is 4.31. The number of methoxy groups -OCH3 is 1. The highest BCUT2D eigenvalue weighted by Gasteiger charge is 2.26. The Morgan fingerprint density at radius 3 is 2.57 bits per heavy atom. The smallest absolute Gasteiger partial charge is 0.319 e. The highest BCUT2D eigenvalue weighted by atomic mass is 32.2. The van der Waals surface area contributed by atoms with E-state index in [1.165, 1.54) is 7.11 Å². The lowest BCUT2D eigenvalue weighted by atomic mass is 10.1. The number of carboxylic acids is 1. The van der Waals surface area contributed by atoms with Gasteiger partial charge in [0.05, 0.1) is 6.61 Å². The lowest BCUT2D eigenvalue weighted by molar-refractivity contribution is -0.136. The van der Waals surface area contributed by atoms with E-state index in [0.717, 1.165) is 5.56 Å². The first kappa shape index (κ1) is 17.3. The minimum absolute atomic E-state index is 0.133. The Labute approximate surface area is 126 Å². The maximum Gasteiger partial charge on any atom is 0.319 e. The van der Waals surface area contributed by atoms with Crippen LogP contribution in [0.25, 0.3) is 0 Å². The highest BCUT2D eigenvalue weighted by molar-refractivity contribution is 7.87. The summed E-state index contributed by atoms with van der Waals surface area (Å²) in [4.78, 5) is 22.8. The fourth-order valence-corrected chi connectivity index (χ4v) is 2.86. The topological polar surface area (TPSA) is 92.7 Å². The van der Waals surface area contributed by atoms with Gasteiger partial charge >= 0.3 is 5.97 Å². The van der Waals surface area contributed by atoms with Gasteiger partial charge in [0, 0.05) is 24.5 Å². The van der Waals surface area contributed by atoms with Crippen molar-refractivity contribution in [1.82, 2.24) is 5.32 Å². The Morgan fingerprint density at radius 2 is 2.00 bits per heavy atom. The number of benzene rings is 1. The second kappa shape index (κ2) is 9.25. The van der Waals surface area contributed by atoms with Gasteiger partial charge in [-0.05, 0) is 12.0 Å². The van der Waals surface area contributed by atoms with Crippen LogP contribution in [0.15, 0.2) is 30.3 Å². The predicted octanol–water partition coefficient (Wildman–Crippen LogP) is 0.194. The van der Waals surface area contributed by atoms with Crippen LogP contribution < -0.4 is 5.32 Å². The van der Waals surface area contributed by atoms with Crippen LogP contribution in [0.1, 0.15) is 5.56 Å².